The first-order valence-electron chi connectivity index (χ1n) is 2.87. The third-order valence-electron chi connectivity index (χ3n) is 0.946. The van der Waals surface area contributed by atoms with Crippen LogP contribution < -0.4 is 10.1 Å². The molecule has 0 atom stereocenters. The summed E-state index contributed by atoms with van der Waals surface area (Å²) in [7, 11) is 1.50. The van der Waals surface area contributed by atoms with Crippen molar-refractivity contribution in [2.45, 2.75) is 0 Å². The molecule has 5 heteroatoms. The zero-order valence-corrected chi connectivity index (χ0v) is 7.33. The van der Waals surface area contributed by atoms with Crippen molar-refractivity contribution in [3.05, 3.63) is 16.5 Å². The van der Waals surface area contributed by atoms with Crippen LogP contribution in [0.4, 0.5) is 4.79 Å². The van der Waals surface area contributed by atoms with E-state index < -0.39 is 6.09 Å². The molecule has 0 aliphatic heterocycles. The summed E-state index contributed by atoms with van der Waals surface area (Å²) in [6.07, 6.45) is -0.483. The molecule has 0 aliphatic rings. The molecule has 0 saturated heterocycles. The van der Waals surface area contributed by atoms with Crippen LogP contribution >= 0.6 is 22.9 Å². The van der Waals surface area contributed by atoms with Crippen molar-refractivity contribution >= 4 is 29.0 Å². The molecule has 1 aromatic heterocycles. The van der Waals surface area contributed by atoms with E-state index in [0.29, 0.717) is 9.40 Å². The van der Waals surface area contributed by atoms with Crippen LogP contribution in [0.5, 0.6) is 5.06 Å². The highest BCUT2D eigenvalue weighted by Crippen LogP contribution is 2.27. The van der Waals surface area contributed by atoms with Crippen LogP contribution in [0.3, 0.4) is 0 Å². The summed E-state index contributed by atoms with van der Waals surface area (Å²) in [5, 5.41) is 2.82. The molecule has 1 amide bonds. The quantitative estimate of drug-likeness (QED) is 0.739. The van der Waals surface area contributed by atoms with Crippen molar-refractivity contribution < 1.29 is 9.53 Å². The fraction of sp³-hybridized carbons (Fsp3) is 0.167. The molecule has 0 aromatic carbocycles. The van der Waals surface area contributed by atoms with Crippen molar-refractivity contribution in [1.29, 1.82) is 0 Å². The fourth-order valence-electron chi connectivity index (χ4n) is 0.495. The van der Waals surface area contributed by atoms with Gasteiger partial charge in [0.15, 0.2) is 5.06 Å². The number of nitrogens with one attached hydrogen (secondary N) is 1. The summed E-state index contributed by atoms with van der Waals surface area (Å²) in [6.45, 7) is 0. The van der Waals surface area contributed by atoms with E-state index in [4.69, 9.17) is 16.3 Å². The molecular weight excluding hydrogens is 186 g/mol. The molecule has 1 heterocycles. The highest BCUT2D eigenvalue weighted by atomic mass is 35.5. The second-order valence-corrected chi connectivity index (χ2v) is 3.38. The predicted molar refractivity (Wildman–Crippen MR) is 44.4 cm³/mol. The van der Waals surface area contributed by atoms with Crippen molar-refractivity contribution in [2.24, 2.45) is 0 Å². The number of carbonyl (C=O) groups is 1. The fourth-order valence-corrected chi connectivity index (χ4v) is 1.37. The first kappa shape index (κ1) is 8.36. The van der Waals surface area contributed by atoms with Crippen LogP contribution in [0.1, 0.15) is 0 Å². The van der Waals surface area contributed by atoms with E-state index in [1.807, 2.05) is 0 Å². The number of hydrogen-bond acceptors (Lipinski definition) is 3. The Balaban J connectivity index is 2.57. The maximum absolute atomic E-state index is 10.6. The van der Waals surface area contributed by atoms with E-state index in [1.54, 1.807) is 12.1 Å². The Bertz CT molecular complexity index is 261. The molecule has 1 N–H and O–H groups in total. The second kappa shape index (κ2) is 3.59. The van der Waals surface area contributed by atoms with Crippen LogP contribution in [0.25, 0.3) is 0 Å². The van der Waals surface area contributed by atoms with Gasteiger partial charge in [0.25, 0.3) is 0 Å². The summed E-state index contributed by atoms with van der Waals surface area (Å²) in [6, 6.07) is 3.31. The van der Waals surface area contributed by atoms with Crippen LogP contribution in [-0.2, 0) is 0 Å². The lowest BCUT2D eigenvalue weighted by molar-refractivity contribution is 0.204. The molecule has 0 saturated carbocycles. The third-order valence-corrected chi connectivity index (χ3v) is 2.06. The summed E-state index contributed by atoms with van der Waals surface area (Å²) >= 11 is 6.81. The first-order valence-corrected chi connectivity index (χ1v) is 4.06. The van der Waals surface area contributed by atoms with Gasteiger partial charge in [-0.15, -0.1) is 0 Å². The second-order valence-electron chi connectivity index (χ2n) is 1.70. The molecule has 0 bridgehead atoms. The Kier molecular flexibility index (Phi) is 2.73. The largest absolute Gasteiger partial charge is 0.413 e. The number of amides is 1. The van der Waals surface area contributed by atoms with Crippen molar-refractivity contribution in [1.82, 2.24) is 5.32 Å². The maximum Gasteiger partial charge on any atom is 0.413 e. The average Bonchev–Trinajstić information content (AvgIpc) is 2.35. The Labute approximate surface area is 72.9 Å². The number of hydrogen-bond donors (Lipinski definition) is 1. The Morgan fingerprint density at radius 3 is 2.91 bits per heavy atom. The van der Waals surface area contributed by atoms with Gasteiger partial charge in [-0.05, 0) is 12.1 Å². The SMILES string of the molecule is CNC(=O)Oc1ccc(Cl)s1. The molecule has 0 fully saturated rings. The van der Waals surface area contributed by atoms with Crippen molar-refractivity contribution in [3.63, 3.8) is 0 Å². The summed E-state index contributed by atoms with van der Waals surface area (Å²) < 4.78 is 5.37. The smallest absolute Gasteiger partial charge is 0.399 e. The first-order chi connectivity index (χ1) is 5.22. The lowest BCUT2D eigenvalue weighted by atomic mass is 10.6. The van der Waals surface area contributed by atoms with Gasteiger partial charge < -0.3 is 10.1 Å². The Morgan fingerprint density at radius 1 is 1.73 bits per heavy atom. The van der Waals surface area contributed by atoms with Gasteiger partial charge in [-0.2, -0.15) is 0 Å². The number of ether oxygens (including phenoxy) is 1. The number of thiophene rings is 1. The summed E-state index contributed by atoms with van der Waals surface area (Å²) in [4.78, 5) is 10.6. The molecule has 0 aliphatic carbocycles. The topological polar surface area (TPSA) is 38.3 Å². The van der Waals surface area contributed by atoms with E-state index in [-0.39, 0.29) is 0 Å². The summed E-state index contributed by atoms with van der Waals surface area (Å²) in [5.41, 5.74) is 0. The molecule has 0 unspecified atom stereocenters. The van der Waals surface area contributed by atoms with Gasteiger partial charge in [-0.25, -0.2) is 4.79 Å². The molecule has 0 spiro atoms. The lowest BCUT2D eigenvalue weighted by Crippen LogP contribution is -2.21. The minimum atomic E-state index is -0.483. The van der Waals surface area contributed by atoms with Crippen LogP contribution in [0, 0.1) is 0 Å². The molecule has 1 aromatic rings. The lowest BCUT2D eigenvalue weighted by Gasteiger charge is -1.97. The van der Waals surface area contributed by atoms with Gasteiger partial charge in [0.05, 0.1) is 4.34 Å². The maximum atomic E-state index is 10.6. The normalized spacial score (nSPS) is 9.27. The van der Waals surface area contributed by atoms with Gasteiger partial charge in [0.2, 0.25) is 0 Å². The molecular formula is C6H6ClNO2S. The van der Waals surface area contributed by atoms with E-state index in [2.05, 4.69) is 5.32 Å². The molecule has 0 radical (unpaired) electrons. The highest BCUT2D eigenvalue weighted by Gasteiger charge is 2.02. The van der Waals surface area contributed by atoms with Gasteiger partial charge in [-0.3, -0.25) is 0 Å². The van der Waals surface area contributed by atoms with Crippen LogP contribution in [0.15, 0.2) is 12.1 Å². The molecule has 3 nitrogen and oxygen atoms in total. The van der Waals surface area contributed by atoms with Crippen molar-refractivity contribution in [2.75, 3.05) is 7.05 Å². The molecule has 60 valence electrons. The summed E-state index contributed by atoms with van der Waals surface area (Å²) in [5.74, 6) is 0. The predicted octanol–water partition coefficient (Wildman–Crippen LogP) is 2.12. The zero-order chi connectivity index (χ0) is 8.27. The minimum Gasteiger partial charge on any atom is -0.399 e. The van der Waals surface area contributed by atoms with E-state index in [1.165, 1.54) is 18.4 Å². The van der Waals surface area contributed by atoms with Crippen molar-refractivity contribution in [3.8, 4) is 5.06 Å². The van der Waals surface area contributed by atoms with E-state index in [0.717, 1.165) is 0 Å². The highest BCUT2D eigenvalue weighted by molar-refractivity contribution is 7.17. The zero-order valence-electron chi connectivity index (χ0n) is 5.76. The van der Waals surface area contributed by atoms with Gasteiger partial charge in [0.1, 0.15) is 0 Å². The monoisotopic (exact) mass is 191 g/mol. The number of rotatable bonds is 1. The number of carbonyl (C=O) groups excluding carboxylic acids is 1. The van der Waals surface area contributed by atoms with Gasteiger partial charge in [-0.1, -0.05) is 22.9 Å². The van der Waals surface area contributed by atoms with E-state index in [9.17, 15) is 4.79 Å². The minimum absolute atomic E-state index is 0.483. The Hall–Kier alpha value is -0.740. The van der Waals surface area contributed by atoms with Gasteiger partial charge in [0, 0.05) is 7.05 Å². The number of halogens is 1. The van der Waals surface area contributed by atoms with E-state index >= 15 is 0 Å². The molecule has 11 heavy (non-hydrogen) atoms. The average molecular weight is 192 g/mol. The van der Waals surface area contributed by atoms with Gasteiger partial charge >= 0.3 is 6.09 Å². The van der Waals surface area contributed by atoms with Crippen LogP contribution in [-0.4, -0.2) is 13.1 Å². The van der Waals surface area contributed by atoms with Crippen LogP contribution in [0.2, 0.25) is 4.34 Å². The Morgan fingerprint density at radius 2 is 2.45 bits per heavy atom. The standard InChI is InChI=1S/C6H6ClNO2S/c1-8-6(9)10-5-3-2-4(7)11-5/h2-3H,1H3,(H,8,9). The molecule has 1 rings (SSSR count). The third kappa shape index (κ3) is 2.40.